The van der Waals surface area contributed by atoms with Crippen molar-refractivity contribution in [3.8, 4) is 0 Å². The number of aromatic nitrogens is 2. The van der Waals surface area contributed by atoms with E-state index in [1.807, 2.05) is 0 Å². The molecular weight excluding hydrogens is 132 g/mol. The molecule has 0 saturated carbocycles. The number of aromatic amines is 1. The van der Waals surface area contributed by atoms with E-state index in [4.69, 9.17) is 5.11 Å². The van der Waals surface area contributed by atoms with Crippen LogP contribution in [0.2, 0.25) is 0 Å². The third-order valence-corrected chi connectivity index (χ3v) is 0.643. The standard InChI is InChI=1S/C4H4N2O.C2H6O/c7-3-4-1-2-5-6-4;1-2-3/h1-3H,(H,5,6);3H,2H2,1H3. The first kappa shape index (κ1) is 8.84. The zero-order valence-corrected chi connectivity index (χ0v) is 5.74. The minimum Gasteiger partial charge on any atom is -0.397 e. The van der Waals surface area contributed by atoms with Crippen molar-refractivity contribution in [2.75, 3.05) is 6.61 Å². The minimum atomic E-state index is 0.250. The molecule has 0 aliphatic heterocycles. The van der Waals surface area contributed by atoms with E-state index in [1.54, 1.807) is 19.2 Å². The lowest BCUT2D eigenvalue weighted by Gasteiger charge is -1.65. The van der Waals surface area contributed by atoms with Crippen molar-refractivity contribution < 1.29 is 9.90 Å². The van der Waals surface area contributed by atoms with Crippen LogP contribution in [-0.4, -0.2) is 28.2 Å². The summed E-state index contributed by atoms with van der Waals surface area (Å²) in [5.74, 6) is 0. The van der Waals surface area contributed by atoms with Gasteiger partial charge in [-0.3, -0.25) is 9.89 Å². The Bertz CT molecular complexity index is 160. The third kappa shape index (κ3) is 3.80. The Morgan fingerprint density at radius 3 is 2.70 bits per heavy atom. The van der Waals surface area contributed by atoms with Crippen molar-refractivity contribution in [1.29, 1.82) is 0 Å². The number of hydrogen-bond donors (Lipinski definition) is 2. The van der Waals surface area contributed by atoms with Crippen LogP contribution in [-0.2, 0) is 0 Å². The molecule has 1 aromatic rings. The summed E-state index contributed by atoms with van der Waals surface area (Å²) in [6.07, 6.45) is 2.29. The molecule has 2 N–H and O–H groups in total. The van der Waals surface area contributed by atoms with Crippen LogP contribution >= 0.6 is 0 Å². The van der Waals surface area contributed by atoms with E-state index in [2.05, 4.69) is 10.2 Å². The van der Waals surface area contributed by atoms with Gasteiger partial charge in [0.25, 0.3) is 0 Å². The molecular formula is C6H10N2O2. The average molecular weight is 142 g/mol. The van der Waals surface area contributed by atoms with Gasteiger partial charge in [-0.2, -0.15) is 5.10 Å². The smallest absolute Gasteiger partial charge is 0.170 e. The van der Waals surface area contributed by atoms with Gasteiger partial charge in [0.15, 0.2) is 6.29 Å². The van der Waals surface area contributed by atoms with Gasteiger partial charge in [-0.25, -0.2) is 0 Å². The van der Waals surface area contributed by atoms with E-state index < -0.39 is 0 Å². The second-order valence-electron chi connectivity index (χ2n) is 1.43. The number of carbonyl (C=O) groups excluding carboxylic acids is 1. The largest absolute Gasteiger partial charge is 0.397 e. The molecule has 0 aliphatic rings. The first-order valence-corrected chi connectivity index (χ1v) is 2.91. The van der Waals surface area contributed by atoms with Gasteiger partial charge < -0.3 is 5.11 Å². The molecule has 1 heterocycles. The van der Waals surface area contributed by atoms with Crippen LogP contribution in [0.15, 0.2) is 12.3 Å². The van der Waals surface area contributed by atoms with E-state index in [1.165, 1.54) is 0 Å². The third-order valence-electron chi connectivity index (χ3n) is 0.643. The van der Waals surface area contributed by atoms with Crippen LogP contribution in [0.3, 0.4) is 0 Å². The molecule has 1 aromatic heterocycles. The molecule has 0 aliphatic carbocycles. The van der Waals surface area contributed by atoms with Crippen LogP contribution < -0.4 is 0 Å². The summed E-state index contributed by atoms with van der Waals surface area (Å²) < 4.78 is 0. The quantitative estimate of drug-likeness (QED) is 0.551. The lowest BCUT2D eigenvalue weighted by Crippen LogP contribution is -1.75. The van der Waals surface area contributed by atoms with Crippen LogP contribution in [0, 0.1) is 0 Å². The van der Waals surface area contributed by atoms with Gasteiger partial charge in [0, 0.05) is 12.8 Å². The highest BCUT2D eigenvalue weighted by atomic mass is 16.2. The maximum Gasteiger partial charge on any atom is 0.170 e. The number of aldehydes is 1. The van der Waals surface area contributed by atoms with Gasteiger partial charge in [-0.15, -0.1) is 0 Å². The highest BCUT2D eigenvalue weighted by Gasteiger charge is 1.83. The first-order chi connectivity index (χ1) is 4.85. The summed E-state index contributed by atoms with van der Waals surface area (Å²) >= 11 is 0. The number of aliphatic hydroxyl groups excluding tert-OH is 1. The van der Waals surface area contributed by atoms with Crippen LogP contribution in [0.1, 0.15) is 17.4 Å². The molecule has 0 bridgehead atoms. The fraction of sp³-hybridized carbons (Fsp3) is 0.333. The van der Waals surface area contributed by atoms with Crippen molar-refractivity contribution in [2.24, 2.45) is 0 Å². The molecule has 0 amide bonds. The van der Waals surface area contributed by atoms with Gasteiger partial charge in [0.2, 0.25) is 0 Å². The molecule has 1 rings (SSSR count). The summed E-state index contributed by atoms with van der Waals surface area (Å²) in [7, 11) is 0. The van der Waals surface area contributed by atoms with Crippen molar-refractivity contribution in [3.05, 3.63) is 18.0 Å². The lowest BCUT2D eigenvalue weighted by atomic mass is 10.5. The molecule has 0 spiro atoms. The highest BCUT2D eigenvalue weighted by molar-refractivity contribution is 5.70. The Hall–Kier alpha value is -1.16. The average Bonchev–Trinajstić information content (AvgIpc) is 2.39. The molecule has 0 atom stereocenters. The van der Waals surface area contributed by atoms with E-state index in [-0.39, 0.29) is 6.61 Å². The molecule has 4 heteroatoms. The number of H-pyrrole nitrogens is 1. The number of hydrogen-bond acceptors (Lipinski definition) is 3. The Morgan fingerprint density at radius 2 is 2.50 bits per heavy atom. The predicted molar refractivity (Wildman–Crippen MR) is 36.7 cm³/mol. The number of aliphatic hydroxyl groups is 1. The maximum atomic E-state index is 9.79. The lowest BCUT2D eigenvalue weighted by molar-refractivity contribution is 0.111. The Balaban J connectivity index is 0.000000236. The fourth-order valence-corrected chi connectivity index (χ4v) is 0.337. The zero-order valence-electron chi connectivity index (χ0n) is 5.74. The van der Waals surface area contributed by atoms with Crippen LogP contribution in [0.5, 0.6) is 0 Å². The molecule has 0 saturated heterocycles. The maximum absolute atomic E-state index is 9.79. The van der Waals surface area contributed by atoms with Gasteiger partial charge in [-0.05, 0) is 13.0 Å². The molecule has 10 heavy (non-hydrogen) atoms. The summed E-state index contributed by atoms with van der Waals surface area (Å²) in [5, 5.41) is 13.6. The molecule has 56 valence electrons. The normalized spacial score (nSPS) is 7.80. The Labute approximate surface area is 58.9 Å². The fourth-order valence-electron chi connectivity index (χ4n) is 0.337. The van der Waals surface area contributed by atoms with E-state index >= 15 is 0 Å². The number of rotatable bonds is 1. The number of carbonyl (C=O) groups is 1. The molecule has 0 radical (unpaired) electrons. The minimum absolute atomic E-state index is 0.250. The van der Waals surface area contributed by atoms with Crippen LogP contribution in [0.4, 0.5) is 0 Å². The van der Waals surface area contributed by atoms with Gasteiger partial charge in [-0.1, -0.05) is 0 Å². The van der Waals surface area contributed by atoms with E-state index in [0.717, 1.165) is 0 Å². The molecule has 4 nitrogen and oxygen atoms in total. The van der Waals surface area contributed by atoms with Crippen molar-refractivity contribution in [1.82, 2.24) is 10.2 Å². The summed E-state index contributed by atoms with van der Waals surface area (Å²) in [6.45, 7) is 1.93. The topological polar surface area (TPSA) is 66.0 Å². The molecule has 0 aromatic carbocycles. The van der Waals surface area contributed by atoms with E-state index in [9.17, 15) is 4.79 Å². The van der Waals surface area contributed by atoms with Crippen molar-refractivity contribution in [3.63, 3.8) is 0 Å². The highest BCUT2D eigenvalue weighted by Crippen LogP contribution is 1.81. The molecule has 0 unspecified atom stereocenters. The SMILES string of the molecule is CCO.O=Cc1cc[nH]n1. The zero-order chi connectivity index (χ0) is 7.82. The van der Waals surface area contributed by atoms with Gasteiger partial charge in [0.1, 0.15) is 5.69 Å². The second-order valence-corrected chi connectivity index (χ2v) is 1.43. The summed E-state index contributed by atoms with van der Waals surface area (Å²) in [5.41, 5.74) is 0.444. The van der Waals surface area contributed by atoms with Crippen LogP contribution in [0.25, 0.3) is 0 Å². The predicted octanol–water partition coefficient (Wildman–Crippen LogP) is 0.221. The Morgan fingerprint density at radius 1 is 1.90 bits per heavy atom. The first-order valence-electron chi connectivity index (χ1n) is 2.91. The summed E-state index contributed by atoms with van der Waals surface area (Å²) in [6, 6.07) is 1.60. The number of nitrogens with one attached hydrogen (secondary N) is 1. The van der Waals surface area contributed by atoms with Crippen molar-refractivity contribution >= 4 is 6.29 Å². The molecule has 0 fully saturated rings. The van der Waals surface area contributed by atoms with Crippen molar-refractivity contribution in [2.45, 2.75) is 6.92 Å². The van der Waals surface area contributed by atoms with Gasteiger partial charge in [0.05, 0.1) is 0 Å². The Kier molecular flexibility index (Phi) is 5.28. The van der Waals surface area contributed by atoms with Gasteiger partial charge >= 0.3 is 0 Å². The monoisotopic (exact) mass is 142 g/mol. The summed E-state index contributed by atoms with van der Waals surface area (Å²) in [4.78, 5) is 9.79. The second kappa shape index (κ2) is 5.97. The van der Waals surface area contributed by atoms with E-state index in [0.29, 0.717) is 12.0 Å². The number of nitrogens with zero attached hydrogens (tertiary/aromatic N) is 1.